The Labute approximate surface area is 187 Å². The van der Waals surface area contributed by atoms with Gasteiger partial charge in [-0.2, -0.15) is 0 Å². The number of nitrogens with zero attached hydrogens (tertiary/aromatic N) is 1. The summed E-state index contributed by atoms with van der Waals surface area (Å²) in [6.07, 6.45) is 2.56. The Bertz CT molecular complexity index is 1020. The quantitative estimate of drug-likeness (QED) is 0.447. The van der Waals surface area contributed by atoms with E-state index in [0.29, 0.717) is 23.0 Å². The molecule has 168 valence electrons. The number of quaternary nitrogens is 1. The first-order chi connectivity index (χ1) is 14.7. The number of esters is 1. The van der Waals surface area contributed by atoms with Crippen molar-refractivity contribution < 1.29 is 22.3 Å². The summed E-state index contributed by atoms with van der Waals surface area (Å²) in [7, 11) is -2.16. The summed E-state index contributed by atoms with van der Waals surface area (Å²) in [4.78, 5) is 11.5. The standard InChI is InChI=1S/C22H27ClFN2O4S/c1-30-22(27)18-7-5-17(6-8-18)16-25-31(28,29)14-4-13-26(11-2-3-12-26)19-9-10-21(24)20(23)15-19/h5-10,15,25H,2-4,11-14,16H2,1H3/q+1. The van der Waals surface area contributed by atoms with Gasteiger partial charge in [0.1, 0.15) is 11.5 Å². The van der Waals surface area contributed by atoms with Crippen molar-refractivity contribution in [1.82, 2.24) is 9.21 Å². The average Bonchev–Trinajstić information content (AvgIpc) is 3.24. The number of rotatable bonds is 9. The van der Waals surface area contributed by atoms with Crippen LogP contribution in [-0.2, 0) is 21.3 Å². The Balaban J connectivity index is 1.56. The van der Waals surface area contributed by atoms with E-state index in [4.69, 9.17) is 11.6 Å². The minimum absolute atomic E-state index is 0.00215. The molecule has 1 aliphatic rings. The molecule has 1 aliphatic heterocycles. The summed E-state index contributed by atoms with van der Waals surface area (Å²) in [5, 5.41) is 0.0920. The first-order valence-corrected chi connectivity index (χ1v) is 12.2. The first-order valence-electron chi connectivity index (χ1n) is 10.2. The van der Waals surface area contributed by atoms with Gasteiger partial charge in [-0.15, -0.1) is 0 Å². The van der Waals surface area contributed by atoms with E-state index in [1.165, 1.54) is 13.2 Å². The normalized spacial score (nSPS) is 15.7. The van der Waals surface area contributed by atoms with Crippen LogP contribution in [0.2, 0.25) is 5.02 Å². The molecular weight excluding hydrogens is 443 g/mol. The first kappa shape index (κ1) is 23.7. The minimum atomic E-state index is -3.46. The van der Waals surface area contributed by atoms with E-state index in [9.17, 15) is 17.6 Å². The molecule has 9 heteroatoms. The fraction of sp³-hybridized carbons (Fsp3) is 0.409. The van der Waals surface area contributed by atoms with Crippen molar-refractivity contribution in [3.05, 3.63) is 64.4 Å². The van der Waals surface area contributed by atoms with E-state index in [2.05, 4.69) is 9.46 Å². The van der Waals surface area contributed by atoms with Gasteiger partial charge in [0.2, 0.25) is 10.0 Å². The largest absolute Gasteiger partial charge is 0.465 e. The van der Waals surface area contributed by atoms with Gasteiger partial charge < -0.3 is 4.74 Å². The minimum Gasteiger partial charge on any atom is -0.465 e. The monoisotopic (exact) mass is 469 g/mol. The Morgan fingerprint density at radius 1 is 1.16 bits per heavy atom. The van der Waals surface area contributed by atoms with Crippen LogP contribution in [0, 0.1) is 5.82 Å². The number of hydrogen-bond acceptors (Lipinski definition) is 4. The highest BCUT2D eigenvalue weighted by atomic mass is 35.5. The highest BCUT2D eigenvalue weighted by Crippen LogP contribution is 2.32. The number of ether oxygens (including phenoxy) is 1. The Kier molecular flexibility index (Phi) is 7.69. The fourth-order valence-corrected chi connectivity index (χ4v) is 5.25. The van der Waals surface area contributed by atoms with Gasteiger partial charge in [0.15, 0.2) is 0 Å². The molecule has 0 spiro atoms. The van der Waals surface area contributed by atoms with Crippen LogP contribution >= 0.6 is 11.6 Å². The summed E-state index contributed by atoms with van der Waals surface area (Å²) in [5.74, 6) is -0.884. The molecule has 1 heterocycles. The fourth-order valence-electron chi connectivity index (χ4n) is 4.03. The molecule has 0 radical (unpaired) electrons. The number of methoxy groups -OCH3 is 1. The molecule has 0 amide bonds. The molecule has 0 unspecified atom stereocenters. The third-order valence-corrected chi connectivity index (χ3v) is 7.44. The van der Waals surface area contributed by atoms with Crippen LogP contribution < -0.4 is 9.21 Å². The molecule has 2 aromatic rings. The third-order valence-electron chi connectivity index (χ3n) is 5.74. The van der Waals surface area contributed by atoms with Crippen molar-refractivity contribution in [2.75, 3.05) is 32.5 Å². The van der Waals surface area contributed by atoms with Crippen LogP contribution in [0.1, 0.15) is 35.2 Å². The van der Waals surface area contributed by atoms with Crippen LogP contribution in [0.25, 0.3) is 0 Å². The molecule has 6 nitrogen and oxygen atoms in total. The molecule has 31 heavy (non-hydrogen) atoms. The molecule has 1 saturated heterocycles. The smallest absolute Gasteiger partial charge is 0.337 e. The number of likely N-dealkylation sites (tertiary alicyclic amines) is 1. The van der Waals surface area contributed by atoms with Crippen molar-refractivity contribution in [1.29, 1.82) is 0 Å². The molecule has 2 aromatic carbocycles. The van der Waals surface area contributed by atoms with Gasteiger partial charge in [-0.1, -0.05) is 23.7 Å². The Morgan fingerprint density at radius 2 is 1.84 bits per heavy atom. The van der Waals surface area contributed by atoms with Gasteiger partial charge in [0, 0.05) is 37.9 Å². The lowest BCUT2D eigenvalue weighted by molar-refractivity contribution is 0.0600. The van der Waals surface area contributed by atoms with Crippen molar-refractivity contribution in [2.24, 2.45) is 0 Å². The van der Waals surface area contributed by atoms with E-state index < -0.39 is 21.8 Å². The molecule has 1 N–H and O–H groups in total. The van der Waals surface area contributed by atoms with E-state index in [-0.39, 0.29) is 17.3 Å². The lowest BCUT2D eigenvalue weighted by atomic mass is 10.1. The van der Waals surface area contributed by atoms with Crippen molar-refractivity contribution in [2.45, 2.75) is 25.8 Å². The van der Waals surface area contributed by atoms with Gasteiger partial charge in [-0.25, -0.2) is 22.3 Å². The molecule has 0 aromatic heterocycles. The second-order valence-electron chi connectivity index (χ2n) is 7.80. The zero-order valence-corrected chi connectivity index (χ0v) is 19.0. The molecule has 0 aliphatic carbocycles. The van der Waals surface area contributed by atoms with Crippen LogP contribution in [-0.4, -0.2) is 46.9 Å². The van der Waals surface area contributed by atoms with Crippen LogP contribution in [0.15, 0.2) is 42.5 Å². The predicted octanol–water partition coefficient (Wildman–Crippen LogP) is 3.88. The predicted molar refractivity (Wildman–Crippen MR) is 120 cm³/mol. The molecule has 0 bridgehead atoms. The lowest BCUT2D eigenvalue weighted by Crippen LogP contribution is -2.48. The summed E-state index contributed by atoms with van der Waals surface area (Å²) >= 11 is 5.98. The number of nitrogens with one attached hydrogen (secondary N) is 1. The van der Waals surface area contributed by atoms with Gasteiger partial charge >= 0.3 is 5.97 Å². The average molecular weight is 470 g/mol. The van der Waals surface area contributed by atoms with Gasteiger partial charge in [-0.05, 0) is 23.8 Å². The zero-order chi connectivity index (χ0) is 22.5. The highest BCUT2D eigenvalue weighted by molar-refractivity contribution is 7.89. The number of halogens is 2. The maximum Gasteiger partial charge on any atom is 0.337 e. The van der Waals surface area contributed by atoms with Gasteiger partial charge in [-0.3, -0.25) is 4.48 Å². The Morgan fingerprint density at radius 3 is 2.45 bits per heavy atom. The molecule has 3 rings (SSSR count). The maximum absolute atomic E-state index is 13.6. The summed E-state index contributed by atoms with van der Waals surface area (Å²) in [6.45, 7) is 2.58. The van der Waals surface area contributed by atoms with Crippen molar-refractivity contribution in [3.8, 4) is 0 Å². The molecule has 0 saturated carbocycles. The number of benzene rings is 2. The van der Waals surface area contributed by atoms with E-state index in [1.54, 1.807) is 36.4 Å². The molecular formula is C22H27ClFN2O4S+. The van der Waals surface area contributed by atoms with E-state index in [0.717, 1.165) is 37.2 Å². The van der Waals surface area contributed by atoms with Crippen LogP contribution in [0.5, 0.6) is 0 Å². The summed E-state index contributed by atoms with van der Waals surface area (Å²) in [5.41, 5.74) is 2.09. The third kappa shape index (κ3) is 6.04. The number of hydrogen-bond donors (Lipinski definition) is 1. The number of carbonyl (C=O) groups is 1. The number of carbonyl (C=O) groups excluding carboxylic acids is 1. The second-order valence-corrected chi connectivity index (χ2v) is 10.1. The molecule has 1 fully saturated rings. The number of sulfonamides is 1. The van der Waals surface area contributed by atoms with Crippen molar-refractivity contribution >= 4 is 33.3 Å². The maximum atomic E-state index is 13.6. The van der Waals surface area contributed by atoms with E-state index in [1.807, 2.05) is 0 Å². The second kappa shape index (κ2) is 10.1. The zero-order valence-electron chi connectivity index (χ0n) is 17.4. The lowest BCUT2D eigenvalue weighted by Gasteiger charge is -2.34. The molecule has 0 atom stereocenters. The SMILES string of the molecule is COC(=O)c1ccc(CNS(=O)(=O)CCC[N+]2(c3ccc(F)c(Cl)c3)CCCC2)cc1. The summed E-state index contributed by atoms with van der Waals surface area (Å²) < 4.78 is 46.4. The summed E-state index contributed by atoms with van der Waals surface area (Å²) in [6, 6.07) is 11.4. The highest BCUT2D eigenvalue weighted by Gasteiger charge is 2.35. The van der Waals surface area contributed by atoms with Gasteiger partial charge in [0.25, 0.3) is 0 Å². The topological polar surface area (TPSA) is 72.5 Å². The Hall–Kier alpha value is -2.00. The van der Waals surface area contributed by atoms with E-state index >= 15 is 0 Å². The van der Waals surface area contributed by atoms with Crippen molar-refractivity contribution in [3.63, 3.8) is 0 Å². The van der Waals surface area contributed by atoms with Crippen LogP contribution in [0.3, 0.4) is 0 Å². The van der Waals surface area contributed by atoms with Crippen LogP contribution in [0.4, 0.5) is 10.1 Å². The van der Waals surface area contributed by atoms with Gasteiger partial charge in [0.05, 0.1) is 43.1 Å².